The minimum atomic E-state index is -1.84. The first-order valence-electron chi connectivity index (χ1n) is 21.9. The van der Waals surface area contributed by atoms with Crippen LogP contribution in [0.4, 0.5) is 0 Å². The van der Waals surface area contributed by atoms with E-state index < -0.39 is 110 Å². The number of aliphatic hydroxyl groups is 7. The second kappa shape index (κ2) is 26.6. The molecule has 3 rings (SSSR count). The van der Waals surface area contributed by atoms with Gasteiger partial charge in [0.1, 0.15) is 60.1 Å². The fraction of sp³-hybridized carbons (Fsp3) is 0.857. The Kier molecular flexibility index (Phi) is 22.9. The van der Waals surface area contributed by atoms with Crippen LogP contribution in [0.3, 0.4) is 0 Å². The normalized spacial score (nSPS) is 30.2. The van der Waals surface area contributed by atoms with Gasteiger partial charge < -0.3 is 69.8 Å². The van der Waals surface area contributed by atoms with Crippen molar-refractivity contribution in [3.05, 3.63) is 11.3 Å². The second-order valence-electron chi connectivity index (χ2n) is 16.7. The monoisotopic (exact) mass is 861 g/mol. The zero-order valence-electron chi connectivity index (χ0n) is 35.2. The van der Waals surface area contributed by atoms with Crippen LogP contribution in [-0.2, 0) is 38.1 Å². The smallest absolute Gasteiger partial charge is 0.335 e. The Morgan fingerprint density at radius 3 is 1.75 bits per heavy atom. The third kappa shape index (κ3) is 15.5. The minimum Gasteiger partial charge on any atom is -0.509 e. The number of nitrogens with zero attached hydrogens (tertiary/aromatic N) is 1. The van der Waals surface area contributed by atoms with E-state index >= 15 is 0 Å². The lowest BCUT2D eigenvalue weighted by atomic mass is 9.95. The number of likely N-dealkylation sites (N-methyl/N-ethyl adjacent to an activating group) is 1. The van der Waals surface area contributed by atoms with Crippen LogP contribution in [0.2, 0.25) is 0 Å². The van der Waals surface area contributed by atoms with E-state index in [-0.39, 0.29) is 18.6 Å². The number of carbonyl (C=O) groups is 4. The fourth-order valence-corrected chi connectivity index (χ4v) is 8.06. The number of carboxylic acids is 2. The van der Waals surface area contributed by atoms with Crippen molar-refractivity contribution in [1.29, 1.82) is 0 Å². The largest absolute Gasteiger partial charge is 0.509 e. The minimum absolute atomic E-state index is 0.163. The number of amides is 1. The average molecular weight is 862 g/mol. The number of aliphatic hydroxyl groups excluding tert-OH is 7. The Bertz CT molecular complexity index is 1360. The number of aliphatic carboxylic acids is 2. The van der Waals surface area contributed by atoms with Crippen molar-refractivity contribution in [2.75, 3.05) is 20.3 Å². The molecule has 0 aromatic rings. The van der Waals surface area contributed by atoms with Gasteiger partial charge in [-0.05, 0) is 18.8 Å². The molecule has 3 heterocycles. The topological polar surface area (TPSA) is 291 Å². The number of hydrogen-bond donors (Lipinski definition) is 9. The Balaban J connectivity index is 1.14. The highest BCUT2D eigenvalue weighted by atomic mass is 16.7. The quantitative estimate of drug-likeness (QED) is 0.0370. The van der Waals surface area contributed by atoms with E-state index in [1.54, 1.807) is 0 Å². The van der Waals surface area contributed by atoms with Crippen molar-refractivity contribution < 1.29 is 84.1 Å². The van der Waals surface area contributed by atoms with Crippen LogP contribution in [0.1, 0.15) is 135 Å². The van der Waals surface area contributed by atoms with E-state index in [9.17, 15) is 60.0 Å². The molecule has 0 unspecified atom stereocenters. The van der Waals surface area contributed by atoms with Gasteiger partial charge in [-0.3, -0.25) is 14.4 Å². The van der Waals surface area contributed by atoms with Gasteiger partial charge in [-0.1, -0.05) is 110 Å². The molecule has 9 N–H and O–H groups in total. The summed E-state index contributed by atoms with van der Waals surface area (Å²) in [4.78, 5) is 49.0. The summed E-state index contributed by atoms with van der Waals surface area (Å²) < 4.78 is 21.7. The van der Waals surface area contributed by atoms with E-state index in [2.05, 4.69) is 6.92 Å². The highest BCUT2D eigenvalue weighted by molar-refractivity contribution is 6.21. The summed E-state index contributed by atoms with van der Waals surface area (Å²) in [7, 11) is 1.39. The van der Waals surface area contributed by atoms with Crippen LogP contribution in [0, 0.1) is 5.92 Å². The predicted octanol–water partition coefficient (Wildman–Crippen LogP) is 2.46. The standard InChI is InChI=1S/C42H71NO17/c1-25(19-15-11-7-5-3-4-6-8-13-17-21-27(45)30-31(48)26(23-29(46)47)43(2)39(30)54)20-16-12-9-10-14-18-22-57-41-36(53)34(51)37(38(60-41)40(55)56)59-42-35(52)33(50)32(49)28(24-44)58-42/h25-26,28,32-38,41-42,44,48-53H,3-24H2,1-2H3,(H,46,47)(H,55,56)/t25-,26-,28-,32+,33+,34-,35-,36-,37+,38+,41-,42+/m1/s1. The first kappa shape index (κ1) is 51.6. The van der Waals surface area contributed by atoms with E-state index in [4.69, 9.17) is 24.1 Å². The third-order valence-corrected chi connectivity index (χ3v) is 11.9. The summed E-state index contributed by atoms with van der Waals surface area (Å²) in [6.07, 6.45) is 1.92. The molecule has 3 aliphatic heterocycles. The van der Waals surface area contributed by atoms with Gasteiger partial charge in [0.25, 0.3) is 5.91 Å². The molecule has 0 aromatic carbocycles. The summed E-state index contributed by atoms with van der Waals surface area (Å²) >= 11 is 0. The van der Waals surface area contributed by atoms with Crippen LogP contribution < -0.4 is 0 Å². The molecular weight excluding hydrogens is 790 g/mol. The molecule has 0 saturated carbocycles. The number of unbranched alkanes of at least 4 members (excludes halogenated alkanes) is 14. The molecule has 0 aromatic heterocycles. The van der Waals surface area contributed by atoms with E-state index in [1.165, 1.54) is 52.0 Å². The first-order valence-corrected chi connectivity index (χ1v) is 21.9. The maximum absolute atomic E-state index is 12.5. The first-order chi connectivity index (χ1) is 28.6. The Morgan fingerprint density at radius 2 is 1.22 bits per heavy atom. The molecule has 0 aliphatic carbocycles. The molecule has 60 heavy (non-hydrogen) atoms. The number of carbonyl (C=O) groups excluding carboxylic acids is 2. The summed E-state index contributed by atoms with van der Waals surface area (Å²) in [5.74, 6) is -3.47. The van der Waals surface area contributed by atoms with Gasteiger partial charge >= 0.3 is 11.9 Å². The molecule has 0 spiro atoms. The van der Waals surface area contributed by atoms with Gasteiger partial charge in [0.2, 0.25) is 0 Å². The van der Waals surface area contributed by atoms with Gasteiger partial charge in [-0.15, -0.1) is 0 Å². The van der Waals surface area contributed by atoms with E-state index in [0.717, 1.165) is 62.7 Å². The number of ether oxygens (including phenoxy) is 4. The van der Waals surface area contributed by atoms with Gasteiger partial charge in [-0.2, -0.15) is 0 Å². The fourth-order valence-electron chi connectivity index (χ4n) is 8.06. The van der Waals surface area contributed by atoms with Crippen molar-refractivity contribution in [2.45, 2.75) is 203 Å². The van der Waals surface area contributed by atoms with Gasteiger partial charge in [0.15, 0.2) is 24.5 Å². The molecule has 0 bridgehead atoms. The van der Waals surface area contributed by atoms with Crippen LogP contribution in [0.25, 0.3) is 0 Å². The molecule has 12 atom stereocenters. The molecule has 3 aliphatic rings. The highest BCUT2D eigenvalue weighted by Crippen LogP contribution is 2.31. The van der Waals surface area contributed by atoms with E-state index in [1.807, 2.05) is 0 Å². The van der Waals surface area contributed by atoms with Crippen molar-refractivity contribution in [3.8, 4) is 0 Å². The Hall–Kier alpha value is -2.78. The molecule has 18 heteroatoms. The van der Waals surface area contributed by atoms with E-state index in [0.29, 0.717) is 18.8 Å². The zero-order chi connectivity index (χ0) is 44.4. The summed E-state index contributed by atoms with van der Waals surface area (Å²) in [6, 6.07) is -0.989. The third-order valence-electron chi connectivity index (χ3n) is 11.9. The van der Waals surface area contributed by atoms with Crippen LogP contribution in [0.5, 0.6) is 0 Å². The van der Waals surface area contributed by atoms with Crippen molar-refractivity contribution in [2.24, 2.45) is 5.92 Å². The lowest BCUT2D eigenvalue weighted by Crippen LogP contribution is -2.65. The van der Waals surface area contributed by atoms with Gasteiger partial charge in [-0.25, -0.2) is 4.79 Å². The maximum atomic E-state index is 12.5. The molecule has 2 saturated heterocycles. The molecule has 18 nitrogen and oxygen atoms in total. The molecular formula is C42H71NO17. The number of hydrogen-bond acceptors (Lipinski definition) is 15. The second-order valence-corrected chi connectivity index (χ2v) is 16.7. The SMILES string of the molecule is C[C@H](CCCCCCCCCCCCC(=O)C1=C(O)[C@@H](CC(=O)O)N(C)C1=O)CCCCCCCCO[C@@H]1O[C@H](C(=O)O)[C@@H](O[C@@H]2O[C@H](CO)[C@H](O)[C@H](O)[C@H]2O)[C@H](O)[C@H]1O. The number of rotatable bonds is 30. The van der Waals surface area contributed by atoms with Crippen molar-refractivity contribution in [1.82, 2.24) is 4.90 Å². The predicted molar refractivity (Wildman–Crippen MR) is 213 cm³/mol. The number of carboxylic acid groups (broad SMARTS) is 2. The van der Waals surface area contributed by atoms with Crippen LogP contribution >= 0.6 is 0 Å². The summed E-state index contributed by atoms with van der Waals surface area (Å²) in [6.45, 7) is 1.74. The Labute approximate surface area is 352 Å². The average Bonchev–Trinajstić information content (AvgIpc) is 3.41. The lowest BCUT2D eigenvalue weighted by Gasteiger charge is -2.45. The summed E-state index contributed by atoms with van der Waals surface area (Å²) in [5.41, 5.74) is -0.265. The molecule has 0 radical (unpaired) electrons. The highest BCUT2D eigenvalue weighted by Gasteiger charge is 2.53. The zero-order valence-corrected chi connectivity index (χ0v) is 35.2. The molecule has 1 amide bonds. The number of ketones is 1. The maximum Gasteiger partial charge on any atom is 0.335 e. The lowest BCUT2D eigenvalue weighted by molar-refractivity contribution is -0.354. The molecule has 2 fully saturated rings. The Morgan fingerprint density at radius 1 is 0.700 bits per heavy atom. The number of Topliss-reactive ketones (excluding diaryl/α,β-unsaturated/α-hetero) is 1. The van der Waals surface area contributed by atoms with Crippen molar-refractivity contribution in [3.63, 3.8) is 0 Å². The molecule has 346 valence electrons. The van der Waals surface area contributed by atoms with Crippen LogP contribution in [0.15, 0.2) is 11.3 Å². The van der Waals surface area contributed by atoms with Crippen molar-refractivity contribution >= 4 is 23.6 Å². The van der Waals surface area contributed by atoms with Crippen LogP contribution in [-0.4, -0.2) is 162 Å². The summed E-state index contributed by atoms with van der Waals surface area (Å²) in [5, 5.41) is 90.0. The van der Waals surface area contributed by atoms with Gasteiger partial charge in [0.05, 0.1) is 13.0 Å². The van der Waals surface area contributed by atoms with Gasteiger partial charge in [0, 0.05) is 20.1 Å².